The lowest BCUT2D eigenvalue weighted by Gasteiger charge is -2.32. The Morgan fingerprint density at radius 2 is 2.06 bits per heavy atom. The molecule has 3 N–H and O–H groups in total. The maximum atomic E-state index is 13.3. The SMILES string of the molecule is CC(C)(C)OC(=O)N[C@@H]1CCC[C@H](F)[C@@H]1N. The van der Waals surface area contributed by atoms with Crippen LogP contribution < -0.4 is 11.1 Å². The zero-order valence-corrected chi connectivity index (χ0v) is 10.1. The minimum atomic E-state index is -1.03. The van der Waals surface area contributed by atoms with Gasteiger partial charge in [0.15, 0.2) is 0 Å². The third kappa shape index (κ3) is 3.96. The van der Waals surface area contributed by atoms with Gasteiger partial charge in [0.2, 0.25) is 0 Å². The molecule has 0 spiro atoms. The van der Waals surface area contributed by atoms with Crippen LogP contribution in [0.2, 0.25) is 0 Å². The van der Waals surface area contributed by atoms with Gasteiger partial charge in [0.1, 0.15) is 11.8 Å². The Hall–Kier alpha value is -0.840. The van der Waals surface area contributed by atoms with Crippen molar-refractivity contribution in [2.75, 3.05) is 0 Å². The first-order valence-electron chi connectivity index (χ1n) is 5.69. The number of carbonyl (C=O) groups is 1. The van der Waals surface area contributed by atoms with Gasteiger partial charge in [-0.1, -0.05) is 0 Å². The molecule has 94 valence electrons. The molecule has 4 nitrogen and oxygen atoms in total. The van der Waals surface area contributed by atoms with E-state index >= 15 is 0 Å². The minimum Gasteiger partial charge on any atom is -0.444 e. The molecule has 0 aromatic rings. The summed E-state index contributed by atoms with van der Waals surface area (Å²) < 4.78 is 18.4. The van der Waals surface area contributed by atoms with Crippen molar-refractivity contribution in [1.29, 1.82) is 0 Å². The molecule has 0 saturated heterocycles. The van der Waals surface area contributed by atoms with Crippen molar-refractivity contribution in [1.82, 2.24) is 5.32 Å². The zero-order valence-electron chi connectivity index (χ0n) is 10.1. The third-order valence-corrected chi connectivity index (χ3v) is 2.58. The molecule has 0 bridgehead atoms. The van der Waals surface area contributed by atoms with Crippen LogP contribution >= 0.6 is 0 Å². The summed E-state index contributed by atoms with van der Waals surface area (Å²) in [5, 5.41) is 2.63. The van der Waals surface area contributed by atoms with Crippen LogP contribution in [-0.2, 0) is 4.74 Å². The second-order valence-electron chi connectivity index (χ2n) is 5.28. The third-order valence-electron chi connectivity index (χ3n) is 2.58. The van der Waals surface area contributed by atoms with Gasteiger partial charge < -0.3 is 15.8 Å². The quantitative estimate of drug-likeness (QED) is 0.723. The first-order valence-corrected chi connectivity index (χ1v) is 5.69. The Bertz CT molecular complexity index is 253. The highest BCUT2D eigenvalue weighted by molar-refractivity contribution is 5.68. The van der Waals surface area contributed by atoms with Crippen molar-refractivity contribution in [2.45, 2.75) is 63.9 Å². The molecule has 5 heteroatoms. The Kier molecular flexibility index (Phi) is 4.13. The fourth-order valence-electron chi connectivity index (χ4n) is 1.80. The summed E-state index contributed by atoms with van der Waals surface area (Å²) in [6.45, 7) is 5.35. The fourth-order valence-corrected chi connectivity index (χ4v) is 1.80. The minimum absolute atomic E-state index is 0.321. The molecule has 1 amide bonds. The normalized spacial score (nSPS) is 30.9. The van der Waals surface area contributed by atoms with E-state index in [0.717, 1.165) is 6.42 Å². The molecule has 0 heterocycles. The van der Waals surface area contributed by atoms with Crippen molar-refractivity contribution in [3.63, 3.8) is 0 Å². The van der Waals surface area contributed by atoms with Gasteiger partial charge in [0.05, 0.1) is 12.1 Å². The van der Waals surface area contributed by atoms with E-state index in [0.29, 0.717) is 12.8 Å². The number of alkyl carbamates (subject to hydrolysis) is 1. The number of hydrogen-bond acceptors (Lipinski definition) is 3. The molecular weight excluding hydrogens is 211 g/mol. The van der Waals surface area contributed by atoms with Crippen LogP contribution in [0.3, 0.4) is 0 Å². The summed E-state index contributed by atoms with van der Waals surface area (Å²) in [7, 11) is 0. The van der Waals surface area contributed by atoms with Crippen LogP contribution in [0.15, 0.2) is 0 Å². The second kappa shape index (κ2) is 4.99. The van der Waals surface area contributed by atoms with Gasteiger partial charge in [0.25, 0.3) is 0 Å². The Balaban J connectivity index is 2.44. The molecule has 1 saturated carbocycles. The van der Waals surface area contributed by atoms with Crippen LogP contribution in [-0.4, -0.2) is 29.9 Å². The fraction of sp³-hybridized carbons (Fsp3) is 0.909. The lowest BCUT2D eigenvalue weighted by molar-refractivity contribution is 0.0465. The van der Waals surface area contributed by atoms with Gasteiger partial charge in [-0.2, -0.15) is 0 Å². The van der Waals surface area contributed by atoms with E-state index in [4.69, 9.17) is 10.5 Å². The van der Waals surface area contributed by atoms with Crippen molar-refractivity contribution < 1.29 is 13.9 Å². The summed E-state index contributed by atoms with van der Waals surface area (Å²) in [6.07, 6.45) is 0.375. The number of halogens is 1. The highest BCUT2D eigenvalue weighted by Gasteiger charge is 2.32. The Morgan fingerprint density at radius 1 is 1.44 bits per heavy atom. The van der Waals surface area contributed by atoms with E-state index in [1.807, 2.05) is 0 Å². The number of hydrogen-bond donors (Lipinski definition) is 2. The molecule has 16 heavy (non-hydrogen) atoms. The average Bonchev–Trinajstić information content (AvgIpc) is 2.09. The molecule has 1 aliphatic rings. The van der Waals surface area contributed by atoms with Gasteiger partial charge in [-0.3, -0.25) is 0 Å². The highest BCUT2D eigenvalue weighted by Crippen LogP contribution is 2.20. The number of nitrogens with one attached hydrogen (secondary N) is 1. The van der Waals surface area contributed by atoms with Crippen molar-refractivity contribution in [3.8, 4) is 0 Å². The number of ether oxygens (including phenoxy) is 1. The van der Waals surface area contributed by atoms with Gasteiger partial charge >= 0.3 is 6.09 Å². The van der Waals surface area contributed by atoms with Crippen LogP contribution in [0, 0.1) is 0 Å². The summed E-state index contributed by atoms with van der Waals surface area (Å²) in [5.41, 5.74) is 5.15. The first-order chi connectivity index (χ1) is 7.29. The van der Waals surface area contributed by atoms with E-state index in [2.05, 4.69) is 5.32 Å². The molecular formula is C11H21FN2O2. The summed E-state index contributed by atoms with van der Waals surface area (Å²) in [4.78, 5) is 11.5. The van der Waals surface area contributed by atoms with E-state index in [9.17, 15) is 9.18 Å². The Morgan fingerprint density at radius 3 is 2.62 bits per heavy atom. The number of amides is 1. The first kappa shape index (κ1) is 13.2. The topological polar surface area (TPSA) is 64.3 Å². The monoisotopic (exact) mass is 232 g/mol. The number of alkyl halides is 1. The van der Waals surface area contributed by atoms with Gasteiger partial charge in [-0.25, -0.2) is 9.18 Å². The summed E-state index contributed by atoms with van der Waals surface area (Å²) in [5.74, 6) is 0. The molecule has 0 unspecified atom stereocenters. The summed E-state index contributed by atoms with van der Waals surface area (Å²) >= 11 is 0. The van der Waals surface area contributed by atoms with E-state index in [1.54, 1.807) is 20.8 Å². The van der Waals surface area contributed by atoms with Crippen LogP contribution in [0.1, 0.15) is 40.0 Å². The largest absolute Gasteiger partial charge is 0.444 e. The molecule has 1 rings (SSSR count). The lowest BCUT2D eigenvalue weighted by atomic mass is 9.89. The molecule has 0 radical (unpaired) electrons. The number of nitrogens with two attached hydrogens (primary N) is 1. The number of carbonyl (C=O) groups excluding carboxylic acids is 1. The molecule has 0 aromatic carbocycles. The van der Waals surface area contributed by atoms with Crippen molar-refractivity contribution in [3.05, 3.63) is 0 Å². The maximum Gasteiger partial charge on any atom is 0.407 e. The molecule has 3 atom stereocenters. The highest BCUT2D eigenvalue weighted by atomic mass is 19.1. The second-order valence-corrected chi connectivity index (χ2v) is 5.28. The molecule has 1 aliphatic carbocycles. The maximum absolute atomic E-state index is 13.3. The molecule has 0 aliphatic heterocycles. The molecule has 0 aromatic heterocycles. The number of rotatable bonds is 1. The van der Waals surface area contributed by atoms with E-state index in [-0.39, 0.29) is 6.04 Å². The van der Waals surface area contributed by atoms with Crippen LogP contribution in [0.4, 0.5) is 9.18 Å². The smallest absolute Gasteiger partial charge is 0.407 e. The van der Waals surface area contributed by atoms with Crippen molar-refractivity contribution >= 4 is 6.09 Å². The van der Waals surface area contributed by atoms with E-state index < -0.39 is 23.9 Å². The van der Waals surface area contributed by atoms with Gasteiger partial charge in [-0.15, -0.1) is 0 Å². The predicted molar refractivity (Wildman–Crippen MR) is 59.9 cm³/mol. The standard InChI is InChI=1S/C11H21FN2O2/c1-11(2,3)16-10(15)14-8-6-4-5-7(12)9(8)13/h7-9H,4-6,13H2,1-3H3,(H,14,15)/t7-,8+,9-/m0/s1. The Labute approximate surface area is 95.7 Å². The van der Waals surface area contributed by atoms with Crippen molar-refractivity contribution in [2.24, 2.45) is 5.73 Å². The van der Waals surface area contributed by atoms with Gasteiger partial charge in [-0.05, 0) is 40.0 Å². The van der Waals surface area contributed by atoms with Crippen LogP contribution in [0.5, 0.6) is 0 Å². The van der Waals surface area contributed by atoms with Crippen LogP contribution in [0.25, 0.3) is 0 Å². The summed E-state index contributed by atoms with van der Waals surface area (Å²) in [6, 6.07) is -0.945. The van der Waals surface area contributed by atoms with Gasteiger partial charge in [0, 0.05) is 0 Å². The molecule has 1 fully saturated rings. The predicted octanol–water partition coefficient (Wildman–Crippen LogP) is 1.73. The van der Waals surface area contributed by atoms with E-state index in [1.165, 1.54) is 0 Å². The zero-order chi connectivity index (χ0) is 12.3. The lowest BCUT2D eigenvalue weighted by Crippen LogP contribution is -2.55. The average molecular weight is 232 g/mol.